The number of rotatable bonds is 8. The predicted octanol–water partition coefficient (Wildman–Crippen LogP) is 4.37. The van der Waals surface area contributed by atoms with Crippen LogP contribution in [0.5, 0.6) is 5.75 Å². The molecule has 2 unspecified atom stereocenters. The Bertz CT molecular complexity index is 1280. The predicted molar refractivity (Wildman–Crippen MR) is 133 cm³/mol. The lowest BCUT2D eigenvalue weighted by atomic mass is 10.00. The van der Waals surface area contributed by atoms with Crippen molar-refractivity contribution in [3.05, 3.63) is 62.9 Å². The van der Waals surface area contributed by atoms with Crippen molar-refractivity contribution in [3.8, 4) is 5.75 Å². The van der Waals surface area contributed by atoms with Crippen LogP contribution in [-0.4, -0.2) is 55.7 Å². The first-order valence-electron chi connectivity index (χ1n) is 11.4. The van der Waals surface area contributed by atoms with Gasteiger partial charge in [-0.1, -0.05) is 23.2 Å². The van der Waals surface area contributed by atoms with Crippen molar-refractivity contribution in [2.45, 2.75) is 43.7 Å². The molecule has 12 heteroatoms. The Morgan fingerprint density at radius 1 is 1.14 bits per heavy atom. The van der Waals surface area contributed by atoms with Crippen molar-refractivity contribution in [1.29, 1.82) is 0 Å². The van der Waals surface area contributed by atoms with Gasteiger partial charge in [0.2, 0.25) is 10.0 Å². The van der Waals surface area contributed by atoms with E-state index in [1.165, 1.54) is 12.1 Å². The molecular formula is C24H25Cl2FN2O6S. The topological polar surface area (TPSA) is 113 Å². The van der Waals surface area contributed by atoms with Crippen molar-refractivity contribution in [1.82, 2.24) is 9.62 Å². The Morgan fingerprint density at radius 3 is 2.39 bits per heavy atom. The van der Waals surface area contributed by atoms with Crippen LogP contribution in [-0.2, 0) is 14.8 Å². The van der Waals surface area contributed by atoms with E-state index in [0.29, 0.717) is 40.6 Å². The number of hydrogen-bond donors (Lipinski definition) is 2. The summed E-state index contributed by atoms with van der Waals surface area (Å²) in [7, 11) is -3.86. The average Bonchev–Trinajstić information content (AvgIpc) is 3.57. The van der Waals surface area contributed by atoms with Crippen LogP contribution in [0.1, 0.15) is 59.1 Å². The van der Waals surface area contributed by atoms with Crippen molar-refractivity contribution in [3.63, 3.8) is 0 Å². The van der Waals surface area contributed by atoms with E-state index < -0.39 is 39.9 Å². The fourth-order valence-corrected chi connectivity index (χ4v) is 5.49. The SMILES string of the molecule is CS(=O)(=O)NC(=O)c1cc(C2CC2)c(OC2CCCN(C(C(=O)O)c3cc(Cl)cc(Cl)c3)C2)cc1F. The third kappa shape index (κ3) is 6.47. The highest BCUT2D eigenvalue weighted by Crippen LogP contribution is 2.45. The first kappa shape index (κ1) is 26.7. The van der Waals surface area contributed by atoms with Crippen molar-refractivity contribution in [2.24, 2.45) is 0 Å². The molecule has 8 nitrogen and oxygen atoms in total. The van der Waals surface area contributed by atoms with Gasteiger partial charge in [0.15, 0.2) is 0 Å². The van der Waals surface area contributed by atoms with Crippen molar-refractivity contribution in [2.75, 3.05) is 19.3 Å². The number of aliphatic carboxylic acids is 1. The van der Waals surface area contributed by atoms with Crippen LogP contribution in [0.4, 0.5) is 4.39 Å². The van der Waals surface area contributed by atoms with Gasteiger partial charge in [-0.15, -0.1) is 0 Å². The minimum atomic E-state index is -3.86. The highest BCUT2D eigenvalue weighted by atomic mass is 35.5. The Labute approximate surface area is 218 Å². The number of amides is 1. The van der Waals surface area contributed by atoms with Crippen molar-refractivity contribution >= 4 is 45.1 Å². The lowest BCUT2D eigenvalue weighted by Gasteiger charge is -2.37. The number of hydrogen-bond acceptors (Lipinski definition) is 6. The molecule has 4 rings (SSSR count). The lowest BCUT2D eigenvalue weighted by molar-refractivity contribution is -0.144. The number of ether oxygens (including phenoxy) is 1. The zero-order chi connectivity index (χ0) is 26.2. The molecule has 0 aromatic heterocycles. The summed E-state index contributed by atoms with van der Waals surface area (Å²) < 4.78 is 45.7. The van der Waals surface area contributed by atoms with Gasteiger partial charge in [0.05, 0.1) is 11.8 Å². The number of carbonyl (C=O) groups excluding carboxylic acids is 1. The summed E-state index contributed by atoms with van der Waals surface area (Å²) in [6, 6.07) is 6.12. The van der Waals surface area contributed by atoms with Gasteiger partial charge in [-0.05, 0) is 73.5 Å². The fraction of sp³-hybridized carbons (Fsp3) is 0.417. The van der Waals surface area contributed by atoms with E-state index in [4.69, 9.17) is 27.9 Å². The highest BCUT2D eigenvalue weighted by molar-refractivity contribution is 7.89. The maximum atomic E-state index is 14.9. The monoisotopic (exact) mass is 558 g/mol. The lowest BCUT2D eigenvalue weighted by Crippen LogP contribution is -2.45. The van der Waals surface area contributed by atoms with Crippen LogP contribution in [0, 0.1) is 5.82 Å². The van der Waals surface area contributed by atoms with Crippen molar-refractivity contribution < 1.29 is 32.2 Å². The van der Waals surface area contributed by atoms with E-state index in [2.05, 4.69) is 0 Å². The number of nitrogens with one attached hydrogen (secondary N) is 1. The zero-order valence-corrected chi connectivity index (χ0v) is 21.7. The molecule has 2 aromatic carbocycles. The maximum Gasteiger partial charge on any atom is 0.325 e. The van der Waals surface area contributed by atoms with Gasteiger partial charge >= 0.3 is 5.97 Å². The molecule has 0 radical (unpaired) electrons. The van der Waals surface area contributed by atoms with E-state index in [1.807, 2.05) is 0 Å². The van der Waals surface area contributed by atoms with Gasteiger partial charge in [0.1, 0.15) is 23.7 Å². The van der Waals surface area contributed by atoms with Gasteiger partial charge < -0.3 is 9.84 Å². The van der Waals surface area contributed by atoms with E-state index in [1.54, 1.807) is 21.8 Å². The normalized spacial score (nSPS) is 19.5. The average molecular weight is 559 g/mol. The Kier molecular flexibility index (Phi) is 7.80. The molecule has 1 saturated heterocycles. The summed E-state index contributed by atoms with van der Waals surface area (Å²) in [5.74, 6) is -2.65. The third-order valence-electron chi connectivity index (χ3n) is 6.14. The summed E-state index contributed by atoms with van der Waals surface area (Å²) in [5, 5.41) is 10.6. The molecule has 2 N–H and O–H groups in total. The molecule has 2 aromatic rings. The first-order valence-corrected chi connectivity index (χ1v) is 14.0. The van der Waals surface area contributed by atoms with E-state index >= 15 is 0 Å². The Hall–Kier alpha value is -2.40. The summed E-state index contributed by atoms with van der Waals surface area (Å²) in [6.07, 6.45) is 3.34. The maximum absolute atomic E-state index is 14.9. The third-order valence-corrected chi connectivity index (χ3v) is 7.13. The zero-order valence-electron chi connectivity index (χ0n) is 19.3. The van der Waals surface area contributed by atoms with E-state index in [0.717, 1.165) is 25.2 Å². The summed E-state index contributed by atoms with van der Waals surface area (Å²) in [4.78, 5) is 26.2. The summed E-state index contributed by atoms with van der Waals surface area (Å²) >= 11 is 12.2. The smallest absolute Gasteiger partial charge is 0.325 e. The number of carbonyl (C=O) groups is 2. The molecule has 2 fully saturated rings. The van der Waals surface area contributed by atoms with Crippen LogP contribution < -0.4 is 9.46 Å². The molecule has 1 aliphatic carbocycles. The number of likely N-dealkylation sites (tertiary alicyclic amines) is 1. The number of benzene rings is 2. The van der Waals surface area contributed by atoms with Crippen LogP contribution in [0.25, 0.3) is 0 Å². The number of sulfonamides is 1. The molecule has 1 heterocycles. The number of nitrogens with zero attached hydrogens (tertiary/aromatic N) is 1. The van der Waals surface area contributed by atoms with Gasteiger partial charge in [-0.2, -0.15) is 0 Å². The Morgan fingerprint density at radius 2 is 1.81 bits per heavy atom. The minimum Gasteiger partial charge on any atom is -0.489 e. The van der Waals surface area contributed by atoms with E-state index in [-0.39, 0.29) is 23.8 Å². The highest BCUT2D eigenvalue weighted by Gasteiger charge is 2.35. The number of carboxylic acids is 1. The fourth-order valence-electron chi connectivity index (χ4n) is 4.50. The van der Waals surface area contributed by atoms with Gasteiger partial charge in [-0.3, -0.25) is 14.5 Å². The number of piperidine rings is 1. The molecule has 0 spiro atoms. The second-order valence-electron chi connectivity index (χ2n) is 9.17. The van der Waals surface area contributed by atoms with E-state index in [9.17, 15) is 27.5 Å². The molecule has 2 atom stereocenters. The van der Waals surface area contributed by atoms with Crippen LogP contribution in [0.3, 0.4) is 0 Å². The molecule has 0 bridgehead atoms. The standard InChI is InChI=1S/C24H25Cl2FN2O6S/c1-36(33,34)28-23(30)19-10-18(13-4-5-13)21(11-20(19)27)35-17-3-2-6-29(12-17)22(24(31)32)14-7-15(25)9-16(26)8-14/h7-11,13,17,22H,2-6,12H2,1H3,(H,28,30)(H,31,32). The van der Waals surface area contributed by atoms with Gasteiger partial charge in [-0.25, -0.2) is 17.5 Å². The van der Waals surface area contributed by atoms with Crippen LogP contribution >= 0.6 is 23.2 Å². The molecular weight excluding hydrogens is 534 g/mol. The molecule has 1 aliphatic heterocycles. The second-order valence-corrected chi connectivity index (χ2v) is 11.8. The first-order chi connectivity index (χ1) is 16.9. The minimum absolute atomic E-state index is 0.0745. The molecule has 194 valence electrons. The molecule has 1 saturated carbocycles. The molecule has 36 heavy (non-hydrogen) atoms. The van der Waals surface area contributed by atoms with Crippen LogP contribution in [0.15, 0.2) is 30.3 Å². The number of halogens is 3. The largest absolute Gasteiger partial charge is 0.489 e. The second kappa shape index (κ2) is 10.5. The van der Waals surface area contributed by atoms with Gasteiger partial charge in [0, 0.05) is 22.7 Å². The van der Waals surface area contributed by atoms with Crippen LogP contribution in [0.2, 0.25) is 10.0 Å². The molecule has 2 aliphatic rings. The summed E-state index contributed by atoms with van der Waals surface area (Å²) in [5.41, 5.74) is 0.707. The van der Waals surface area contributed by atoms with Gasteiger partial charge in [0.25, 0.3) is 5.91 Å². The Balaban J connectivity index is 1.57. The molecule has 1 amide bonds. The number of carboxylic acid groups (broad SMARTS) is 1. The quantitative estimate of drug-likeness (QED) is 0.494. The summed E-state index contributed by atoms with van der Waals surface area (Å²) in [6.45, 7) is 0.776.